The molecule has 2 aliphatic rings. The molecule has 2 rings (SSSR count). The molecule has 0 aromatic carbocycles. The number of halogens is 1. The molecule has 74 valence electrons. The number of piperidine rings is 1. The van der Waals surface area contributed by atoms with Gasteiger partial charge in [0, 0.05) is 6.54 Å². The SMILES string of the molecule is CO/N=C(\F)C12CCCN(CC1)C2. The van der Waals surface area contributed by atoms with E-state index in [0.29, 0.717) is 0 Å². The Hall–Kier alpha value is -0.640. The highest BCUT2D eigenvalue weighted by atomic mass is 19.1. The monoisotopic (exact) mass is 186 g/mol. The fraction of sp³-hybridized carbons (Fsp3) is 0.889. The van der Waals surface area contributed by atoms with E-state index >= 15 is 0 Å². The van der Waals surface area contributed by atoms with E-state index in [1.807, 2.05) is 0 Å². The molecule has 2 bridgehead atoms. The first-order valence-electron chi connectivity index (χ1n) is 4.76. The Morgan fingerprint density at radius 2 is 2.31 bits per heavy atom. The first-order chi connectivity index (χ1) is 6.27. The van der Waals surface area contributed by atoms with E-state index in [4.69, 9.17) is 0 Å². The van der Waals surface area contributed by atoms with Gasteiger partial charge in [0.1, 0.15) is 7.11 Å². The van der Waals surface area contributed by atoms with Crippen molar-refractivity contribution in [2.24, 2.45) is 10.6 Å². The van der Waals surface area contributed by atoms with Gasteiger partial charge in [-0.3, -0.25) is 0 Å². The van der Waals surface area contributed by atoms with Crippen molar-refractivity contribution < 1.29 is 9.23 Å². The minimum atomic E-state index is -0.311. The second-order valence-electron chi connectivity index (χ2n) is 3.97. The van der Waals surface area contributed by atoms with Gasteiger partial charge in [-0.2, -0.15) is 4.39 Å². The minimum Gasteiger partial charge on any atom is -0.397 e. The molecule has 0 radical (unpaired) electrons. The van der Waals surface area contributed by atoms with Crippen LogP contribution in [0, 0.1) is 5.41 Å². The topological polar surface area (TPSA) is 24.8 Å². The molecule has 13 heavy (non-hydrogen) atoms. The molecule has 0 spiro atoms. The number of hydrogen-bond donors (Lipinski definition) is 0. The van der Waals surface area contributed by atoms with E-state index < -0.39 is 0 Å². The van der Waals surface area contributed by atoms with Crippen molar-refractivity contribution in [2.75, 3.05) is 26.7 Å². The fourth-order valence-electron chi connectivity index (χ4n) is 2.44. The quantitative estimate of drug-likeness (QED) is 0.481. The van der Waals surface area contributed by atoms with Crippen molar-refractivity contribution in [3.05, 3.63) is 0 Å². The van der Waals surface area contributed by atoms with Crippen molar-refractivity contribution >= 4 is 5.97 Å². The second-order valence-corrected chi connectivity index (χ2v) is 3.97. The van der Waals surface area contributed by atoms with Crippen LogP contribution in [0.1, 0.15) is 19.3 Å². The van der Waals surface area contributed by atoms with Crippen LogP contribution >= 0.6 is 0 Å². The van der Waals surface area contributed by atoms with E-state index in [0.717, 1.165) is 38.9 Å². The van der Waals surface area contributed by atoms with E-state index in [2.05, 4.69) is 14.9 Å². The summed E-state index contributed by atoms with van der Waals surface area (Å²) in [6, 6.07) is 0. The Labute approximate surface area is 77.5 Å². The first kappa shape index (κ1) is 8.94. The zero-order valence-corrected chi connectivity index (χ0v) is 7.92. The van der Waals surface area contributed by atoms with Crippen LogP contribution in [-0.2, 0) is 4.84 Å². The Balaban J connectivity index is 2.15. The molecule has 0 aromatic rings. The van der Waals surface area contributed by atoms with Gasteiger partial charge >= 0.3 is 0 Å². The van der Waals surface area contributed by atoms with Gasteiger partial charge in [0.15, 0.2) is 0 Å². The number of nitrogens with zero attached hydrogens (tertiary/aromatic N) is 2. The Kier molecular flexibility index (Phi) is 2.24. The van der Waals surface area contributed by atoms with Gasteiger partial charge in [-0.05, 0) is 32.4 Å². The number of hydrogen-bond acceptors (Lipinski definition) is 3. The fourth-order valence-corrected chi connectivity index (χ4v) is 2.44. The molecule has 0 saturated carbocycles. The van der Waals surface area contributed by atoms with Crippen LogP contribution in [0.2, 0.25) is 0 Å². The maximum Gasteiger partial charge on any atom is 0.234 e. The first-order valence-corrected chi connectivity index (χ1v) is 4.76. The number of rotatable bonds is 2. The molecule has 2 aliphatic heterocycles. The summed E-state index contributed by atoms with van der Waals surface area (Å²) in [5, 5.41) is 3.44. The third-order valence-electron chi connectivity index (χ3n) is 3.17. The smallest absolute Gasteiger partial charge is 0.234 e. The largest absolute Gasteiger partial charge is 0.397 e. The maximum absolute atomic E-state index is 13.6. The summed E-state index contributed by atoms with van der Waals surface area (Å²) >= 11 is 0. The third-order valence-corrected chi connectivity index (χ3v) is 3.17. The predicted molar refractivity (Wildman–Crippen MR) is 48.3 cm³/mol. The van der Waals surface area contributed by atoms with Crippen molar-refractivity contribution in [2.45, 2.75) is 19.3 Å². The van der Waals surface area contributed by atoms with Gasteiger partial charge in [-0.15, -0.1) is 0 Å². The molecular formula is C9H15FN2O. The van der Waals surface area contributed by atoms with E-state index in [-0.39, 0.29) is 11.4 Å². The van der Waals surface area contributed by atoms with Crippen LogP contribution in [0.15, 0.2) is 5.16 Å². The lowest BCUT2D eigenvalue weighted by Crippen LogP contribution is -2.37. The molecule has 2 atom stereocenters. The zero-order valence-electron chi connectivity index (χ0n) is 7.92. The molecule has 2 unspecified atom stereocenters. The van der Waals surface area contributed by atoms with Gasteiger partial charge in [0.25, 0.3) is 0 Å². The van der Waals surface area contributed by atoms with Crippen molar-refractivity contribution in [1.29, 1.82) is 0 Å². The average molecular weight is 186 g/mol. The summed E-state index contributed by atoms with van der Waals surface area (Å²) in [6.07, 6.45) is 2.89. The number of fused-ring (bicyclic) bond motifs is 2. The summed E-state index contributed by atoms with van der Waals surface area (Å²) < 4.78 is 13.6. The maximum atomic E-state index is 13.6. The van der Waals surface area contributed by atoms with Crippen molar-refractivity contribution in [1.82, 2.24) is 4.90 Å². The van der Waals surface area contributed by atoms with Gasteiger partial charge < -0.3 is 9.74 Å². The molecule has 0 aromatic heterocycles. The summed E-state index contributed by atoms with van der Waals surface area (Å²) in [4.78, 5) is 6.80. The van der Waals surface area contributed by atoms with Gasteiger partial charge in [0.2, 0.25) is 5.97 Å². The Bertz CT molecular complexity index is 228. The molecule has 2 saturated heterocycles. The lowest BCUT2D eigenvalue weighted by molar-refractivity contribution is 0.185. The molecule has 4 heteroatoms. The van der Waals surface area contributed by atoms with Crippen LogP contribution in [0.25, 0.3) is 0 Å². The second kappa shape index (κ2) is 3.25. The van der Waals surface area contributed by atoms with Crippen molar-refractivity contribution in [3.8, 4) is 0 Å². The van der Waals surface area contributed by atoms with Crippen molar-refractivity contribution in [3.63, 3.8) is 0 Å². The van der Waals surface area contributed by atoms with Crippen LogP contribution in [-0.4, -0.2) is 37.6 Å². The molecule has 0 aliphatic carbocycles. The predicted octanol–water partition coefficient (Wildman–Crippen LogP) is 1.40. The third kappa shape index (κ3) is 1.43. The number of oxime groups is 1. The van der Waals surface area contributed by atoms with Crippen LogP contribution in [0.3, 0.4) is 0 Å². The summed E-state index contributed by atoms with van der Waals surface area (Å²) in [6.45, 7) is 2.94. The lowest BCUT2D eigenvalue weighted by Gasteiger charge is -2.30. The van der Waals surface area contributed by atoms with Gasteiger partial charge in [0.05, 0.1) is 5.41 Å². The normalized spacial score (nSPS) is 39.2. The summed E-state index contributed by atoms with van der Waals surface area (Å²) in [5.74, 6) is -0.308. The highest BCUT2D eigenvalue weighted by molar-refractivity contribution is 5.81. The van der Waals surface area contributed by atoms with Crippen LogP contribution in [0.4, 0.5) is 4.39 Å². The molecule has 2 fully saturated rings. The average Bonchev–Trinajstić information content (AvgIpc) is 2.44. The lowest BCUT2D eigenvalue weighted by atomic mass is 9.81. The van der Waals surface area contributed by atoms with Crippen LogP contribution in [0.5, 0.6) is 0 Å². The van der Waals surface area contributed by atoms with E-state index in [9.17, 15) is 4.39 Å². The van der Waals surface area contributed by atoms with Crippen LogP contribution < -0.4 is 0 Å². The highest BCUT2D eigenvalue weighted by Crippen LogP contribution is 2.40. The van der Waals surface area contributed by atoms with Gasteiger partial charge in [-0.1, -0.05) is 5.16 Å². The molecule has 2 heterocycles. The Morgan fingerprint density at radius 1 is 1.46 bits per heavy atom. The molecule has 0 amide bonds. The summed E-state index contributed by atoms with van der Waals surface area (Å²) in [7, 11) is 1.39. The minimum absolute atomic E-state index is 0.308. The molecular weight excluding hydrogens is 171 g/mol. The summed E-state index contributed by atoms with van der Waals surface area (Å²) in [5.41, 5.74) is -0.311. The molecule has 0 N–H and O–H groups in total. The van der Waals surface area contributed by atoms with Gasteiger partial charge in [-0.25, -0.2) is 0 Å². The van der Waals surface area contributed by atoms with E-state index in [1.54, 1.807) is 0 Å². The zero-order chi connectivity index (χ0) is 9.31. The molecule has 3 nitrogen and oxygen atoms in total. The van der Waals surface area contributed by atoms with E-state index in [1.165, 1.54) is 7.11 Å². The standard InChI is InChI=1S/C9H15FN2O/c1-13-11-8(10)9-3-2-5-12(7-9)6-4-9/h2-7H2,1H3/b11-8-. The highest BCUT2D eigenvalue weighted by Gasteiger charge is 2.45. The Morgan fingerprint density at radius 3 is 3.08 bits per heavy atom.